The molecule has 1 aromatic heterocycles. The first-order chi connectivity index (χ1) is 26.5. The van der Waals surface area contributed by atoms with Crippen molar-refractivity contribution in [2.45, 2.75) is 19.3 Å². The molecule has 1 aliphatic rings. The molecule has 1 heterocycles. The van der Waals surface area contributed by atoms with Gasteiger partial charge in [-0.15, -0.1) is 11.3 Å². The average Bonchev–Trinajstić information content (AvgIpc) is 3.77. The maximum absolute atomic E-state index is 5.05. The van der Waals surface area contributed by atoms with E-state index < -0.39 is 0 Å². The molecule has 4 heteroatoms. The molecule has 54 heavy (non-hydrogen) atoms. The summed E-state index contributed by atoms with van der Waals surface area (Å²) in [6.45, 7) is 4.76. The Kier molecular flexibility index (Phi) is 7.67. The van der Waals surface area contributed by atoms with Gasteiger partial charge in [-0.1, -0.05) is 129 Å². The largest absolute Gasteiger partial charge is 0.310 e. The van der Waals surface area contributed by atoms with Gasteiger partial charge in [-0.2, -0.15) is 0 Å². The van der Waals surface area contributed by atoms with E-state index in [1.807, 2.05) is 0 Å². The summed E-state index contributed by atoms with van der Waals surface area (Å²) in [5, 5.41) is 3.64. The van der Waals surface area contributed by atoms with E-state index >= 15 is 0 Å². The molecule has 9 aromatic rings. The smallest absolute Gasteiger partial charge is 0.124 e. The van der Waals surface area contributed by atoms with E-state index in [-0.39, 0.29) is 5.41 Å². The van der Waals surface area contributed by atoms with Gasteiger partial charge in [-0.25, -0.2) is 4.98 Å². The van der Waals surface area contributed by atoms with Gasteiger partial charge in [-0.3, -0.25) is 0 Å². The Morgan fingerprint density at radius 1 is 0.444 bits per heavy atom. The quantitative estimate of drug-likeness (QED) is 0.164. The maximum atomic E-state index is 5.05. The Labute approximate surface area is 320 Å². The van der Waals surface area contributed by atoms with Gasteiger partial charge in [0.1, 0.15) is 5.01 Å². The van der Waals surface area contributed by atoms with Gasteiger partial charge < -0.3 is 9.80 Å². The second kappa shape index (κ2) is 12.9. The van der Waals surface area contributed by atoms with Crippen LogP contribution < -0.4 is 9.80 Å². The van der Waals surface area contributed by atoms with Crippen LogP contribution in [0.2, 0.25) is 0 Å². The first-order valence-corrected chi connectivity index (χ1v) is 19.3. The lowest BCUT2D eigenvalue weighted by atomic mass is 9.80. The number of fused-ring (bicyclic) bond motifs is 7. The van der Waals surface area contributed by atoms with Crippen LogP contribution in [0.15, 0.2) is 188 Å². The molecule has 10 rings (SSSR count). The zero-order valence-corrected chi connectivity index (χ0v) is 31.0. The Balaban J connectivity index is 1.11. The fraction of sp³-hybridized carbons (Fsp3) is 0.0600. The molecule has 0 bridgehead atoms. The summed E-state index contributed by atoms with van der Waals surface area (Å²) in [5.41, 5.74) is 14.0. The molecule has 0 N–H and O–H groups in total. The molecule has 1 aliphatic carbocycles. The SMILES string of the molecule is CC1(C)c2ccc(N(c3ccccc3)c3cccc(N(c4ccccc4)c4ccccc4)c3)cc2-c2ccc3c(ccc4nc(-c5ccccc5)sc43)c21. The predicted molar refractivity (Wildman–Crippen MR) is 229 cm³/mol. The summed E-state index contributed by atoms with van der Waals surface area (Å²) in [7, 11) is 0. The van der Waals surface area contributed by atoms with Gasteiger partial charge in [0.05, 0.1) is 10.2 Å². The van der Waals surface area contributed by atoms with Crippen LogP contribution >= 0.6 is 11.3 Å². The summed E-state index contributed by atoms with van der Waals surface area (Å²) in [4.78, 5) is 9.76. The molecule has 0 radical (unpaired) electrons. The molecule has 0 spiro atoms. The van der Waals surface area contributed by atoms with Crippen molar-refractivity contribution in [1.29, 1.82) is 0 Å². The first kappa shape index (κ1) is 32.2. The molecule has 0 atom stereocenters. The molecule has 0 aliphatic heterocycles. The highest BCUT2D eigenvalue weighted by Gasteiger charge is 2.37. The van der Waals surface area contributed by atoms with Gasteiger partial charge in [0, 0.05) is 50.5 Å². The second-order valence-electron chi connectivity index (χ2n) is 14.4. The van der Waals surface area contributed by atoms with Crippen LogP contribution in [0.3, 0.4) is 0 Å². The Morgan fingerprint density at radius 2 is 0.963 bits per heavy atom. The van der Waals surface area contributed by atoms with Crippen LogP contribution in [-0.2, 0) is 5.41 Å². The van der Waals surface area contributed by atoms with Crippen LogP contribution in [0.5, 0.6) is 0 Å². The number of para-hydroxylation sites is 3. The number of benzene rings is 8. The highest BCUT2D eigenvalue weighted by Crippen LogP contribution is 2.54. The van der Waals surface area contributed by atoms with E-state index in [0.29, 0.717) is 0 Å². The van der Waals surface area contributed by atoms with Crippen LogP contribution in [0, 0.1) is 0 Å². The van der Waals surface area contributed by atoms with Crippen molar-refractivity contribution >= 4 is 66.5 Å². The molecular weight excluding hydrogens is 675 g/mol. The lowest BCUT2D eigenvalue weighted by Crippen LogP contribution is -2.16. The molecule has 258 valence electrons. The molecule has 0 unspecified atom stereocenters. The number of nitrogens with zero attached hydrogens (tertiary/aromatic N) is 3. The van der Waals surface area contributed by atoms with E-state index in [2.05, 4.69) is 212 Å². The van der Waals surface area contributed by atoms with Crippen molar-refractivity contribution in [2.75, 3.05) is 9.80 Å². The van der Waals surface area contributed by atoms with Crippen molar-refractivity contribution in [1.82, 2.24) is 4.98 Å². The highest BCUT2D eigenvalue weighted by molar-refractivity contribution is 7.22. The lowest BCUT2D eigenvalue weighted by Gasteiger charge is -2.30. The molecule has 8 aromatic carbocycles. The van der Waals surface area contributed by atoms with Crippen molar-refractivity contribution in [3.05, 3.63) is 199 Å². The molecule has 0 saturated heterocycles. The van der Waals surface area contributed by atoms with Gasteiger partial charge >= 0.3 is 0 Å². The summed E-state index contributed by atoms with van der Waals surface area (Å²) in [5.74, 6) is 0. The molecular formula is C50H37N3S. The topological polar surface area (TPSA) is 19.4 Å². The lowest BCUT2D eigenvalue weighted by molar-refractivity contribution is 0.666. The second-order valence-corrected chi connectivity index (χ2v) is 15.4. The van der Waals surface area contributed by atoms with E-state index in [1.165, 1.54) is 37.7 Å². The molecule has 0 fully saturated rings. The zero-order valence-electron chi connectivity index (χ0n) is 30.1. The Bertz CT molecular complexity index is 2750. The fourth-order valence-electron chi connectivity index (χ4n) is 8.36. The van der Waals surface area contributed by atoms with Crippen LogP contribution in [0.4, 0.5) is 34.1 Å². The predicted octanol–water partition coefficient (Wildman–Crippen LogP) is 14.4. The Morgan fingerprint density at radius 3 is 1.57 bits per heavy atom. The minimum Gasteiger partial charge on any atom is -0.310 e. The standard InChI is InChI=1S/C50H37N3S/c1-50(2)45-30-26-40(33-44(45)42-27-28-43-41(47(42)50)29-31-46-48(43)54-49(51-46)34-16-7-3-8-17-34)53(37-22-13-6-14-23-37)39-25-15-24-38(32-39)52(35-18-9-4-10-19-35)36-20-11-5-12-21-36/h3-33H,1-2H3. The van der Waals surface area contributed by atoms with Crippen molar-refractivity contribution in [3.8, 4) is 21.7 Å². The van der Waals surface area contributed by atoms with E-state index in [1.54, 1.807) is 11.3 Å². The highest BCUT2D eigenvalue weighted by atomic mass is 32.1. The minimum atomic E-state index is -0.174. The van der Waals surface area contributed by atoms with Gasteiger partial charge in [0.2, 0.25) is 0 Å². The number of aromatic nitrogens is 1. The van der Waals surface area contributed by atoms with Gasteiger partial charge in [-0.05, 0) is 100 Å². The monoisotopic (exact) mass is 711 g/mol. The van der Waals surface area contributed by atoms with E-state index in [0.717, 1.165) is 50.2 Å². The molecule has 3 nitrogen and oxygen atoms in total. The fourth-order valence-corrected chi connectivity index (χ4v) is 9.46. The number of rotatable bonds is 7. The average molecular weight is 712 g/mol. The van der Waals surface area contributed by atoms with Gasteiger partial charge in [0.15, 0.2) is 0 Å². The zero-order chi connectivity index (χ0) is 36.2. The third-order valence-corrected chi connectivity index (χ3v) is 12.0. The van der Waals surface area contributed by atoms with Crippen LogP contribution in [0.25, 0.3) is 42.7 Å². The summed E-state index contributed by atoms with van der Waals surface area (Å²) in [6, 6.07) is 67.5. The van der Waals surface area contributed by atoms with Crippen molar-refractivity contribution < 1.29 is 0 Å². The van der Waals surface area contributed by atoms with E-state index in [4.69, 9.17) is 4.98 Å². The third kappa shape index (κ3) is 5.29. The number of thiazole rings is 1. The third-order valence-electron chi connectivity index (χ3n) is 10.8. The van der Waals surface area contributed by atoms with Crippen molar-refractivity contribution in [3.63, 3.8) is 0 Å². The number of hydrogen-bond acceptors (Lipinski definition) is 4. The maximum Gasteiger partial charge on any atom is 0.124 e. The Hall–Kier alpha value is -6.49. The summed E-state index contributed by atoms with van der Waals surface area (Å²) < 4.78 is 1.25. The number of hydrogen-bond donors (Lipinski definition) is 0. The first-order valence-electron chi connectivity index (χ1n) is 18.5. The van der Waals surface area contributed by atoms with E-state index in [9.17, 15) is 0 Å². The molecule has 0 saturated carbocycles. The number of anilines is 6. The summed E-state index contributed by atoms with van der Waals surface area (Å²) in [6.07, 6.45) is 0. The van der Waals surface area contributed by atoms with Crippen LogP contribution in [-0.4, -0.2) is 4.98 Å². The normalized spacial score (nSPS) is 12.8. The molecule has 0 amide bonds. The minimum absolute atomic E-state index is 0.174. The summed E-state index contributed by atoms with van der Waals surface area (Å²) >= 11 is 1.79. The van der Waals surface area contributed by atoms with Crippen molar-refractivity contribution in [2.24, 2.45) is 0 Å². The van der Waals surface area contributed by atoms with Gasteiger partial charge in [0.25, 0.3) is 0 Å². The van der Waals surface area contributed by atoms with Crippen LogP contribution in [0.1, 0.15) is 25.0 Å².